The highest BCUT2D eigenvalue weighted by atomic mass is 14.9. The molecule has 76 valence electrons. The molecule has 1 saturated carbocycles. The fraction of sp³-hybridized carbons (Fsp3) is 0.833. The van der Waals surface area contributed by atoms with Crippen LogP contribution < -0.4 is 5.32 Å². The van der Waals surface area contributed by atoms with E-state index in [9.17, 15) is 0 Å². The summed E-state index contributed by atoms with van der Waals surface area (Å²) in [5, 5.41) is 3.61. The van der Waals surface area contributed by atoms with Gasteiger partial charge in [-0.1, -0.05) is 32.9 Å². The van der Waals surface area contributed by atoms with Crippen molar-refractivity contribution in [2.45, 2.75) is 46.1 Å². The number of hydrogen-bond acceptors (Lipinski definition) is 1. The summed E-state index contributed by atoms with van der Waals surface area (Å²) in [6, 6.07) is 0.735. The molecule has 0 spiro atoms. The second-order valence-electron chi connectivity index (χ2n) is 4.50. The Morgan fingerprint density at radius 3 is 2.54 bits per heavy atom. The summed E-state index contributed by atoms with van der Waals surface area (Å²) in [7, 11) is 0. The minimum absolute atomic E-state index is 0.735. The van der Waals surface area contributed by atoms with Crippen molar-refractivity contribution in [1.29, 1.82) is 0 Å². The van der Waals surface area contributed by atoms with E-state index in [1.54, 1.807) is 0 Å². The molecule has 0 aromatic rings. The van der Waals surface area contributed by atoms with Crippen molar-refractivity contribution in [3.63, 3.8) is 0 Å². The van der Waals surface area contributed by atoms with Gasteiger partial charge in [-0.05, 0) is 31.1 Å². The van der Waals surface area contributed by atoms with Crippen molar-refractivity contribution in [3.05, 3.63) is 12.2 Å². The van der Waals surface area contributed by atoms with E-state index in [1.165, 1.54) is 18.4 Å². The average molecular weight is 181 g/mol. The minimum Gasteiger partial charge on any atom is -0.310 e. The average Bonchev–Trinajstić information content (AvgIpc) is 2.44. The normalized spacial score (nSPS) is 33.6. The monoisotopic (exact) mass is 181 g/mol. The Balaban J connectivity index is 2.26. The third-order valence-corrected chi connectivity index (χ3v) is 3.58. The van der Waals surface area contributed by atoms with Crippen molar-refractivity contribution in [3.8, 4) is 0 Å². The Kier molecular flexibility index (Phi) is 3.98. The third kappa shape index (κ3) is 2.84. The van der Waals surface area contributed by atoms with Crippen molar-refractivity contribution in [1.82, 2.24) is 5.32 Å². The molecule has 1 nitrogen and oxygen atoms in total. The Morgan fingerprint density at radius 2 is 2.08 bits per heavy atom. The molecule has 1 rings (SSSR count). The van der Waals surface area contributed by atoms with Gasteiger partial charge in [-0.25, -0.2) is 0 Å². The van der Waals surface area contributed by atoms with Gasteiger partial charge in [0.2, 0.25) is 0 Å². The van der Waals surface area contributed by atoms with Crippen LogP contribution in [0.25, 0.3) is 0 Å². The van der Waals surface area contributed by atoms with Gasteiger partial charge >= 0.3 is 0 Å². The summed E-state index contributed by atoms with van der Waals surface area (Å²) >= 11 is 0. The molecule has 1 aliphatic rings. The zero-order valence-electron chi connectivity index (χ0n) is 9.27. The van der Waals surface area contributed by atoms with Gasteiger partial charge < -0.3 is 5.32 Å². The van der Waals surface area contributed by atoms with Gasteiger partial charge in [0.05, 0.1) is 0 Å². The lowest BCUT2D eigenvalue weighted by molar-refractivity contribution is 0.378. The van der Waals surface area contributed by atoms with Gasteiger partial charge in [0, 0.05) is 12.6 Å². The Bertz CT molecular complexity index is 174. The minimum atomic E-state index is 0.735. The molecule has 0 aromatic heterocycles. The summed E-state index contributed by atoms with van der Waals surface area (Å²) < 4.78 is 0. The smallest absolute Gasteiger partial charge is 0.0164 e. The topological polar surface area (TPSA) is 12.0 Å². The van der Waals surface area contributed by atoms with Gasteiger partial charge in [-0.3, -0.25) is 0 Å². The molecule has 1 fully saturated rings. The van der Waals surface area contributed by atoms with E-state index in [1.807, 2.05) is 0 Å². The Labute approximate surface area is 82.6 Å². The van der Waals surface area contributed by atoms with Crippen LogP contribution in [0.4, 0.5) is 0 Å². The molecule has 3 unspecified atom stereocenters. The fourth-order valence-corrected chi connectivity index (χ4v) is 2.05. The second-order valence-corrected chi connectivity index (χ2v) is 4.50. The highest BCUT2D eigenvalue weighted by Crippen LogP contribution is 2.30. The zero-order valence-corrected chi connectivity index (χ0v) is 9.27. The van der Waals surface area contributed by atoms with Crippen LogP contribution >= 0.6 is 0 Å². The van der Waals surface area contributed by atoms with Crippen LogP contribution in [0, 0.1) is 11.8 Å². The van der Waals surface area contributed by atoms with Crippen LogP contribution in [-0.2, 0) is 0 Å². The van der Waals surface area contributed by atoms with Gasteiger partial charge in [-0.2, -0.15) is 0 Å². The van der Waals surface area contributed by atoms with Crippen molar-refractivity contribution in [2.24, 2.45) is 11.8 Å². The first-order chi connectivity index (χ1) is 6.15. The summed E-state index contributed by atoms with van der Waals surface area (Å²) in [6.45, 7) is 11.9. The molecular weight excluding hydrogens is 158 g/mol. The maximum atomic E-state index is 4.02. The predicted molar refractivity (Wildman–Crippen MR) is 58.8 cm³/mol. The number of nitrogens with one attached hydrogen (secondary N) is 1. The molecular formula is C12H23N. The van der Waals surface area contributed by atoms with E-state index in [4.69, 9.17) is 0 Å². The van der Waals surface area contributed by atoms with Crippen molar-refractivity contribution < 1.29 is 0 Å². The lowest BCUT2D eigenvalue weighted by Gasteiger charge is -2.20. The quantitative estimate of drug-likeness (QED) is 0.657. The molecule has 1 aliphatic carbocycles. The van der Waals surface area contributed by atoms with Gasteiger partial charge in [0.1, 0.15) is 0 Å². The van der Waals surface area contributed by atoms with Crippen LogP contribution in [-0.4, -0.2) is 12.6 Å². The first-order valence-corrected chi connectivity index (χ1v) is 5.55. The van der Waals surface area contributed by atoms with Crippen LogP contribution in [0.3, 0.4) is 0 Å². The molecule has 0 bridgehead atoms. The molecule has 1 heteroatoms. The molecule has 0 aliphatic heterocycles. The number of rotatable bonds is 4. The van der Waals surface area contributed by atoms with Crippen LogP contribution in [0.1, 0.15) is 40.0 Å². The highest BCUT2D eigenvalue weighted by molar-refractivity contribution is 4.97. The lowest BCUT2D eigenvalue weighted by atomic mass is 9.97. The van der Waals surface area contributed by atoms with Gasteiger partial charge in [-0.15, -0.1) is 0 Å². The molecule has 0 radical (unpaired) electrons. The number of hydrogen-bond donors (Lipinski definition) is 1. The maximum Gasteiger partial charge on any atom is 0.0164 e. The first kappa shape index (κ1) is 10.8. The molecule has 0 aromatic carbocycles. The van der Waals surface area contributed by atoms with Crippen LogP contribution in [0.2, 0.25) is 0 Å². The summed E-state index contributed by atoms with van der Waals surface area (Å²) in [5.41, 5.74) is 1.33. The largest absolute Gasteiger partial charge is 0.310 e. The fourth-order valence-electron chi connectivity index (χ4n) is 2.05. The van der Waals surface area contributed by atoms with Crippen molar-refractivity contribution in [2.75, 3.05) is 6.54 Å². The van der Waals surface area contributed by atoms with Gasteiger partial charge in [0.15, 0.2) is 0 Å². The molecule has 0 heterocycles. The third-order valence-electron chi connectivity index (χ3n) is 3.58. The summed E-state index contributed by atoms with van der Waals surface area (Å²) in [4.78, 5) is 0. The van der Waals surface area contributed by atoms with Crippen molar-refractivity contribution >= 4 is 0 Å². The van der Waals surface area contributed by atoms with E-state index < -0.39 is 0 Å². The lowest BCUT2D eigenvalue weighted by Crippen LogP contribution is -2.33. The van der Waals surface area contributed by atoms with E-state index in [0.717, 1.165) is 30.8 Å². The first-order valence-electron chi connectivity index (χ1n) is 5.55. The standard InChI is InChI=1S/C12H23N/c1-5-9(2)8-13-12-7-6-10(3)11(12)4/h10-13H,2,5-8H2,1,3-4H3. The molecule has 13 heavy (non-hydrogen) atoms. The molecule has 0 saturated heterocycles. The van der Waals surface area contributed by atoms with E-state index in [2.05, 4.69) is 32.7 Å². The predicted octanol–water partition coefficient (Wildman–Crippen LogP) is 2.98. The molecule has 0 amide bonds. The van der Waals surface area contributed by atoms with Crippen LogP contribution in [0.5, 0.6) is 0 Å². The zero-order chi connectivity index (χ0) is 9.84. The Morgan fingerprint density at radius 1 is 1.38 bits per heavy atom. The second kappa shape index (κ2) is 4.80. The molecule has 1 N–H and O–H groups in total. The maximum absolute atomic E-state index is 4.02. The highest BCUT2D eigenvalue weighted by Gasteiger charge is 2.28. The summed E-state index contributed by atoms with van der Waals surface area (Å²) in [5.74, 6) is 1.73. The van der Waals surface area contributed by atoms with Crippen LogP contribution in [0.15, 0.2) is 12.2 Å². The summed E-state index contributed by atoms with van der Waals surface area (Å²) in [6.07, 6.45) is 3.83. The van der Waals surface area contributed by atoms with Gasteiger partial charge in [0.25, 0.3) is 0 Å². The molecule has 3 atom stereocenters. The van der Waals surface area contributed by atoms with E-state index in [-0.39, 0.29) is 0 Å². The Hall–Kier alpha value is -0.300. The SMILES string of the molecule is C=C(CC)CNC1CCC(C)C1C. The van der Waals surface area contributed by atoms with E-state index in [0.29, 0.717) is 0 Å². The van der Waals surface area contributed by atoms with E-state index >= 15 is 0 Å².